The van der Waals surface area contributed by atoms with Crippen LogP contribution in [0.1, 0.15) is 24.2 Å². The Kier molecular flexibility index (Phi) is 4.20. The number of aromatic amines is 1. The van der Waals surface area contributed by atoms with Crippen molar-refractivity contribution in [1.29, 1.82) is 0 Å². The second-order valence-electron chi connectivity index (χ2n) is 6.53. The molecule has 0 radical (unpaired) electrons. The van der Waals surface area contributed by atoms with Crippen molar-refractivity contribution in [3.8, 4) is 11.5 Å². The van der Waals surface area contributed by atoms with Gasteiger partial charge in [-0.25, -0.2) is 0 Å². The molecule has 124 valence electrons. The van der Waals surface area contributed by atoms with Crippen LogP contribution >= 0.6 is 0 Å². The predicted octanol–water partition coefficient (Wildman–Crippen LogP) is 1.93. The highest BCUT2D eigenvalue weighted by Gasteiger charge is 2.32. The number of hydrogen-bond donors (Lipinski definition) is 2. The van der Waals surface area contributed by atoms with Crippen LogP contribution in [0, 0.1) is 6.92 Å². The third-order valence-corrected chi connectivity index (χ3v) is 4.63. The Balaban J connectivity index is 1.30. The van der Waals surface area contributed by atoms with Crippen molar-refractivity contribution in [3.63, 3.8) is 0 Å². The molecule has 23 heavy (non-hydrogen) atoms. The van der Waals surface area contributed by atoms with E-state index in [-0.39, 0.29) is 6.10 Å². The van der Waals surface area contributed by atoms with Gasteiger partial charge in [-0.2, -0.15) is 5.10 Å². The Morgan fingerprint density at radius 3 is 3.09 bits per heavy atom. The van der Waals surface area contributed by atoms with Gasteiger partial charge in [0.15, 0.2) is 5.76 Å². The van der Waals surface area contributed by atoms with Crippen molar-refractivity contribution in [1.82, 2.24) is 20.4 Å². The summed E-state index contributed by atoms with van der Waals surface area (Å²) < 4.78 is 11.6. The molecule has 0 amide bonds. The Bertz CT molecular complexity index is 647. The Morgan fingerprint density at radius 1 is 1.39 bits per heavy atom. The molecule has 1 atom stereocenters. The van der Waals surface area contributed by atoms with Crippen molar-refractivity contribution in [3.05, 3.63) is 29.7 Å². The lowest BCUT2D eigenvalue weighted by Gasteiger charge is -2.33. The lowest BCUT2D eigenvalue weighted by molar-refractivity contribution is -0.0301. The predicted molar refractivity (Wildman–Crippen MR) is 87.1 cm³/mol. The number of furan rings is 1. The molecule has 1 saturated heterocycles. The normalized spacial score (nSPS) is 22.6. The minimum Gasteiger partial charge on any atom is -0.460 e. The van der Waals surface area contributed by atoms with Crippen molar-refractivity contribution in [2.75, 3.05) is 26.2 Å². The number of rotatable bonds is 6. The molecule has 1 saturated carbocycles. The number of ether oxygens (including phenoxy) is 1. The summed E-state index contributed by atoms with van der Waals surface area (Å²) >= 11 is 0. The summed E-state index contributed by atoms with van der Waals surface area (Å²) in [5, 5.41) is 10.7. The number of hydrogen-bond acceptors (Lipinski definition) is 5. The van der Waals surface area contributed by atoms with Crippen LogP contribution in [0.15, 0.2) is 22.7 Å². The third-order valence-electron chi connectivity index (χ3n) is 4.63. The van der Waals surface area contributed by atoms with Crippen molar-refractivity contribution in [2.45, 2.75) is 38.5 Å². The number of H-pyrrole nitrogens is 1. The first-order valence-corrected chi connectivity index (χ1v) is 8.45. The molecule has 1 aliphatic carbocycles. The zero-order chi connectivity index (χ0) is 15.6. The Morgan fingerprint density at radius 2 is 2.30 bits per heavy atom. The second-order valence-corrected chi connectivity index (χ2v) is 6.53. The van der Waals surface area contributed by atoms with Gasteiger partial charge in [0.2, 0.25) is 0 Å². The molecule has 2 fully saturated rings. The highest BCUT2D eigenvalue weighted by atomic mass is 16.5. The van der Waals surface area contributed by atoms with Crippen LogP contribution in [0.2, 0.25) is 0 Å². The molecule has 6 heteroatoms. The largest absolute Gasteiger partial charge is 0.460 e. The van der Waals surface area contributed by atoms with E-state index in [0.29, 0.717) is 0 Å². The van der Waals surface area contributed by atoms with Gasteiger partial charge in [-0.15, -0.1) is 0 Å². The van der Waals surface area contributed by atoms with Gasteiger partial charge in [0.1, 0.15) is 11.5 Å². The summed E-state index contributed by atoms with van der Waals surface area (Å²) in [6.45, 7) is 6.56. The first-order valence-electron chi connectivity index (χ1n) is 8.45. The van der Waals surface area contributed by atoms with Crippen LogP contribution < -0.4 is 5.32 Å². The SMILES string of the molecule is Cc1ccc(-c2[nH]ncc2CNCC2CN(C3CC3)CCO2)o1. The van der Waals surface area contributed by atoms with Crippen LogP contribution in [0.3, 0.4) is 0 Å². The second kappa shape index (κ2) is 6.47. The number of nitrogens with zero attached hydrogens (tertiary/aromatic N) is 2. The van der Waals surface area contributed by atoms with Gasteiger partial charge in [-0.05, 0) is 31.9 Å². The molecule has 0 bridgehead atoms. The van der Waals surface area contributed by atoms with Gasteiger partial charge < -0.3 is 14.5 Å². The van der Waals surface area contributed by atoms with Crippen molar-refractivity contribution < 1.29 is 9.15 Å². The summed E-state index contributed by atoms with van der Waals surface area (Å²) in [5.74, 6) is 1.75. The Labute approximate surface area is 136 Å². The molecule has 0 aromatic carbocycles. The van der Waals surface area contributed by atoms with Gasteiger partial charge in [0.25, 0.3) is 0 Å². The minimum atomic E-state index is 0.283. The molecule has 2 N–H and O–H groups in total. The highest BCUT2D eigenvalue weighted by Crippen LogP contribution is 2.28. The fraction of sp³-hybridized carbons (Fsp3) is 0.588. The van der Waals surface area contributed by atoms with E-state index in [1.54, 1.807) is 0 Å². The smallest absolute Gasteiger partial charge is 0.152 e. The first kappa shape index (κ1) is 14.9. The third kappa shape index (κ3) is 3.49. The maximum Gasteiger partial charge on any atom is 0.152 e. The van der Waals surface area contributed by atoms with Crippen LogP contribution in [0.4, 0.5) is 0 Å². The molecular formula is C17H24N4O2. The van der Waals surface area contributed by atoms with E-state index in [0.717, 1.165) is 61.6 Å². The van der Waals surface area contributed by atoms with E-state index in [9.17, 15) is 0 Å². The van der Waals surface area contributed by atoms with Gasteiger partial charge in [0.05, 0.1) is 18.9 Å². The van der Waals surface area contributed by atoms with E-state index < -0.39 is 0 Å². The van der Waals surface area contributed by atoms with E-state index >= 15 is 0 Å². The molecule has 6 nitrogen and oxygen atoms in total. The van der Waals surface area contributed by atoms with Crippen LogP contribution in [0.5, 0.6) is 0 Å². The molecular weight excluding hydrogens is 292 g/mol. The van der Waals surface area contributed by atoms with Gasteiger partial charge in [-0.3, -0.25) is 10.00 Å². The van der Waals surface area contributed by atoms with E-state index in [2.05, 4.69) is 20.4 Å². The zero-order valence-corrected chi connectivity index (χ0v) is 13.5. The average Bonchev–Trinajstić information content (AvgIpc) is 3.17. The average molecular weight is 316 g/mol. The lowest BCUT2D eigenvalue weighted by atomic mass is 10.2. The van der Waals surface area contributed by atoms with Crippen LogP contribution in [0.25, 0.3) is 11.5 Å². The number of nitrogens with one attached hydrogen (secondary N) is 2. The van der Waals surface area contributed by atoms with E-state index in [1.165, 1.54) is 12.8 Å². The van der Waals surface area contributed by atoms with Gasteiger partial charge in [0, 0.05) is 37.8 Å². The van der Waals surface area contributed by atoms with Crippen LogP contribution in [-0.2, 0) is 11.3 Å². The number of morpholine rings is 1. The van der Waals surface area contributed by atoms with Gasteiger partial charge >= 0.3 is 0 Å². The van der Waals surface area contributed by atoms with Gasteiger partial charge in [-0.1, -0.05) is 0 Å². The quantitative estimate of drug-likeness (QED) is 0.852. The van der Waals surface area contributed by atoms with Crippen LogP contribution in [-0.4, -0.2) is 53.5 Å². The maximum atomic E-state index is 5.88. The highest BCUT2D eigenvalue weighted by molar-refractivity contribution is 5.56. The summed E-state index contributed by atoms with van der Waals surface area (Å²) in [4.78, 5) is 2.57. The maximum absolute atomic E-state index is 5.88. The molecule has 1 unspecified atom stereocenters. The zero-order valence-electron chi connectivity index (χ0n) is 13.5. The molecule has 4 rings (SSSR count). The fourth-order valence-corrected chi connectivity index (χ4v) is 3.23. The molecule has 3 heterocycles. The number of aryl methyl sites for hydroxylation is 1. The molecule has 2 aliphatic rings. The van der Waals surface area contributed by atoms with Crippen molar-refractivity contribution >= 4 is 0 Å². The molecule has 1 aliphatic heterocycles. The monoisotopic (exact) mass is 316 g/mol. The molecule has 2 aromatic rings. The standard InChI is InChI=1S/C17H24N4O2/c1-12-2-5-16(23-12)17-13(9-19-20-17)8-18-10-15-11-21(6-7-22-15)14-3-4-14/h2,5,9,14-15,18H,3-4,6-8,10-11H2,1H3,(H,19,20). The summed E-state index contributed by atoms with van der Waals surface area (Å²) in [7, 11) is 0. The lowest BCUT2D eigenvalue weighted by Crippen LogP contribution is -2.47. The topological polar surface area (TPSA) is 66.3 Å². The van der Waals surface area contributed by atoms with E-state index in [1.807, 2.05) is 25.3 Å². The van der Waals surface area contributed by atoms with Crippen molar-refractivity contribution in [2.24, 2.45) is 0 Å². The summed E-state index contributed by atoms with van der Waals surface area (Å²) in [5.41, 5.74) is 2.07. The van der Waals surface area contributed by atoms with E-state index in [4.69, 9.17) is 9.15 Å². The fourth-order valence-electron chi connectivity index (χ4n) is 3.23. The molecule has 0 spiro atoms. The number of aromatic nitrogens is 2. The summed E-state index contributed by atoms with van der Waals surface area (Å²) in [6.07, 6.45) is 4.87. The minimum absolute atomic E-state index is 0.283. The first-order chi connectivity index (χ1) is 11.3. The Hall–Kier alpha value is -1.63. The summed E-state index contributed by atoms with van der Waals surface area (Å²) in [6, 6.07) is 4.77. The molecule has 2 aromatic heterocycles.